The molecular weight excluding hydrogens is 469 g/mol. The van der Waals surface area contributed by atoms with Crippen molar-refractivity contribution in [1.82, 2.24) is 10.4 Å². The minimum atomic E-state index is -1.44. The van der Waals surface area contributed by atoms with Crippen molar-refractivity contribution in [3.8, 4) is 11.5 Å². The number of nitrogens with one attached hydrogen (secondary N) is 1. The fourth-order valence-electron chi connectivity index (χ4n) is 3.84. The van der Waals surface area contributed by atoms with Gasteiger partial charge in [-0.05, 0) is 36.4 Å². The number of rotatable bonds is 6. The zero-order chi connectivity index (χ0) is 25.8. The summed E-state index contributed by atoms with van der Waals surface area (Å²) < 4.78 is 25.0. The maximum atomic E-state index is 14.5. The first-order chi connectivity index (χ1) is 17.3. The second-order valence-electron chi connectivity index (χ2n) is 7.79. The van der Waals surface area contributed by atoms with Crippen molar-refractivity contribution >= 4 is 29.3 Å². The minimum Gasteiger partial charge on any atom is -0.497 e. The lowest BCUT2D eigenvalue weighted by Gasteiger charge is -2.28. The van der Waals surface area contributed by atoms with Crippen LogP contribution in [0.2, 0.25) is 0 Å². The third-order valence-corrected chi connectivity index (χ3v) is 5.64. The molecule has 10 heteroatoms. The quantitative estimate of drug-likeness (QED) is 0.420. The molecule has 0 aliphatic carbocycles. The van der Waals surface area contributed by atoms with Gasteiger partial charge in [-0.3, -0.25) is 24.6 Å². The molecule has 1 aliphatic rings. The van der Waals surface area contributed by atoms with Crippen molar-refractivity contribution in [2.75, 3.05) is 19.1 Å². The van der Waals surface area contributed by atoms with Gasteiger partial charge in [0.05, 0.1) is 31.9 Å². The number of methoxy groups -OCH3 is 2. The van der Waals surface area contributed by atoms with Crippen molar-refractivity contribution in [3.63, 3.8) is 0 Å². The maximum absolute atomic E-state index is 14.5. The van der Waals surface area contributed by atoms with Crippen LogP contribution in [0.15, 0.2) is 72.8 Å². The molecule has 0 spiro atoms. The van der Waals surface area contributed by atoms with Gasteiger partial charge in [0.15, 0.2) is 0 Å². The highest BCUT2D eigenvalue weighted by atomic mass is 19.1. The molecule has 0 radical (unpaired) electrons. The fourth-order valence-corrected chi connectivity index (χ4v) is 3.84. The molecule has 1 heterocycles. The number of hydrogen-bond donors (Lipinski definition) is 1. The third-order valence-electron chi connectivity index (χ3n) is 5.64. The number of imide groups is 1. The molecule has 1 atom stereocenters. The Morgan fingerprint density at radius 3 is 2.33 bits per heavy atom. The van der Waals surface area contributed by atoms with E-state index in [1.165, 1.54) is 56.7 Å². The van der Waals surface area contributed by atoms with Crippen molar-refractivity contribution in [1.29, 1.82) is 0 Å². The van der Waals surface area contributed by atoms with E-state index in [1.807, 2.05) is 0 Å². The molecule has 3 aromatic carbocycles. The molecule has 1 aliphatic heterocycles. The van der Waals surface area contributed by atoms with Crippen LogP contribution in [-0.4, -0.2) is 48.9 Å². The summed E-state index contributed by atoms with van der Waals surface area (Å²) in [6.07, 6.45) is -0.450. The molecule has 3 aromatic rings. The molecule has 0 aromatic heterocycles. The van der Waals surface area contributed by atoms with Gasteiger partial charge < -0.3 is 9.47 Å². The minimum absolute atomic E-state index is 0.113. The Bertz CT molecular complexity index is 1330. The number of benzene rings is 3. The monoisotopic (exact) mass is 491 g/mol. The van der Waals surface area contributed by atoms with Crippen LogP contribution in [-0.2, 0) is 9.59 Å². The molecule has 0 bridgehead atoms. The average Bonchev–Trinajstić information content (AvgIpc) is 3.20. The Hall–Kier alpha value is -4.73. The smallest absolute Gasteiger partial charge is 0.276 e. The Labute approximate surface area is 206 Å². The summed E-state index contributed by atoms with van der Waals surface area (Å²) in [5, 5.41) is 0.709. The lowest BCUT2D eigenvalue weighted by Crippen LogP contribution is -2.54. The van der Waals surface area contributed by atoms with Crippen LogP contribution < -0.4 is 19.8 Å². The van der Waals surface area contributed by atoms with Crippen molar-refractivity contribution in [3.05, 3.63) is 89.7 Å². The molecule has 1 fully saturated rings. The van der Waals surface area contributed by atoms with Gasteiger partial charge in [-0.1, -0.05) is 30.3 Å². The summed E-state index contributed by atoms with van der Waals surface area (Å²) in [4.78, 5) is 53.7. The van der Waals surface area contributed by atoms with Gasteiger partial charge in [0.25, 0.3) is 17.7 Å². The van der Waals surface area contributed by atoms with E-state index in [2.05, 4.69) is 5.43 Å². The fraction of sp³-hybridized carbons (Fsp3) is 0.154. The van der Waals surface area contributed by atoms with Crippen LogP contribution >= 0.6 is 0 Å². The summed E-state index contributed by atoms with van der Waals surface area (Å²) in [5.41, 5.74) is 2.34. The number of hydrogen-bond acceptors (Lipinski definition) is 6. The summed E-state index contributed by atoms with van der Waals surface area (Å²) in [6, 6.07) is 16.3. The molecule has 184 valence electrons. The lowest BCUT2D eigenvalue weighted by molar-refractivity contribution is -0.122. The van der Waals surface area contributed by atoms with Crippen molar-refractivity contribution in [2.45, 2.75) is 12.5 Å². The van der Waals surface area contributed by atoms with Crippen LogP contribution in [0.1, 0.15) is 27.1 Å². The average molecular weight is 491 g/mol. The van der Waals surface area contributed by atoms with E-state index in [0.29, 0.717) is 10.8 Å². The summed E-state index contributed by atoms with van der Waals surface area (Å²) in [6.45, 7) is 0. The topological polar surface area (TPSA) is 105 Å². The number of carbonyl (C=O) groups is 4. The number of nitrogens with zero attached hydrogens (tertiary/aromatic N) is 2. The van der Waals surface area contributed by atoms with Crippen molar-refractivity contribution in [2.24, 2.45) is 0 Å². The van der Waals surface area contributed by atoms with Gasteiger partial charge in [0.1, 0.15) is 23.4 Å². The molecule has 1 N–H and O–H groups in total. The van der Waals surface area contributed by atoms with E-state index in [-0.39, 0.29) is 22.6 Å². The molecule has 9 nitrogen and oxygen atoms in total. The van der Waals surface area contributed by atoms with Crippen LogP contribution in [0.5, 0.6) is 11.5 Å². The van der Waals surface area contributed by atoms with Gasteiger partial charge in [-0.2, -0.15) is 0 Å². The molecule has 4 amide bonds. The number of halogens is 1. The Kier molecular flexibility index (Phi) is 6.95. The second kappa shape index (κ2) is 10.3. The highest BCUT2D eigenvalue weighted by molar-refractivity contribution is 6.24. The van der Waals surface area contributed by atoms with Gasteiger partial charge in [0, 0.05) is 11.6 Å². The summed E-state index contributed by atoms with van der Waals surface area (Å²) in [7, 11) is 2.80. The Morgan fingerprint density at radius 1 is 0.972 bits per heavy atom. The summed E-state index contributed by atoms with van der Waals surface area (Å²) in [5.74, 6) is -3.39. The Morgan fingerprint density at radius 2 is 1.67 bits per heavy atom. The van der Waals surface area contributed by atoms with Crippen molar-refractivity contribution < 1.29 is 33.0 Å². The normalized spacial score (nSPS) is 15.0. The number of ether oxygens (including phenoxy) is 2. The molecule has 36 heavy (non-hydrogen) atoms. The van der Waals surface area contributed by atoms with Gasteiger partial charge >= 0.3 is 0 Å². The predicted molar refractivity (Wildman–Crippen MR) is 127 cm³/mol. The largest absolute Gasteiger partial charge is 0.497 e. The second-order valence-corrected chi connectivity index (χ2v) is 7.79. The van der Waals surface area contributed by atoms with E-state index in [4.69, 9.17) is 9.47 Å². The lowest BCUT2D eigenvalue weighted by atomic mass is 10.1. The number of amides is 4. The summed E-state index contributed by atoms with van der Waals surface area (Å²) >= 11 is 0. The first-order valence-electron chi connectivity index (χ1n) is 10.9. The standard InChI is InChI=1S/C26H22FN3O6/c1-35-17-12-13-22(36-2)20(14-17)29-23(31)15-21(26(29)34)30(25(33)18-10-6-7-11-19(18)27)28-24(32)16-8-4-3-5-9-16/h3-14,21H,15H2,1-2H3,(H,28,32). The van der Waals surface area contributed by atoms with Gasteiger partial charge in [-0.25, -0.2) is 14.3 Å². The van der Waals surface area contributed by atoms with Crippen LogP contribution in [0.3, 0.4) is 0 Å². The van der Waals surface area contributed by atoms with Gasteiger partial charge in [-0.15, -0.1) is 0 Å². The number of carbonyl (C=O) groups excluding carboxylic acids is 4. The van der Waals surface area contributed by atoms with E-state index in [9.17, 15) is 23.6 Å². The van der Waals surface area contributed by atoms with Crippen LogP contribution in [0.25, 0.3) is 0 Å². The van der Waals surface area contributed by atoms with E-state index in [0.717, 1.165) is 11.0 Å². The highest BCUT2D eigenvalue weighted by Crippen LogP contribution is 2.36. The Balaban J connectivity index is 1.73. The first-order valence-corrected chi connectivity index (χ1v) is 10.9. The van der Waals surface area contributed by atoms with Gasteiger partial charge in [0.2, 0.25) is 5.91 Å². The number of hydrazine groups is 1. The van der Waals surface area contributed by atoms with Crippen LogP contribution in [0.4, 0.5) is 10.1 Å². The molecule has 1 saturated heterocycles. The maximum Gasteiger partial charge on any atom is 0.276 e. The molecule has 4 rings (SSSR count). The predicted octanol–water partition coefficient (Wildman–Crippen LogP) is 2.96. The molecule has 1 unspecified atom stereocenters. The SMILES string of the molecule is COc1ccc(OC)c(N2C(=O)CC(N(NC(=O)c3ccccc3)C(=O)c3ccccc3F)C2=O)c1. The number of anilines is 1. The third kappa shape index (κ3) is 4.61. The zero-order valence-electron chi connectivity index (χ0n) is 19.4. The molecular formula is C26H22FN3O6. The van der Waals surface area contributed by atoms with E-state index < -0.39 is 41.9 Å². The first kappa shape index (κ1) is 24.4. The molecule has 0 saturated carbocycles. The van der Waals surface area contributed by atoms with E-state index in [1.54, 1.807) is 24.3 Å². The van der Waals surface area contributed by atoms with E-state index >= 15 is 0 Å². The highest BCUT2D eigenvalue weighted by Gasteiger charge is 2.46. The zero-order valence-corrected chi connectivity index (χ0v) is 19.4. The van der Waals surface area contributed by atoms with Crippen LogP contribution in [0, 0.1) is 5.82 Å².